The van der Waals surface area contributed by atoms with Crippen LogP contribution in [0, 0.1) is 0 Å². The molecule has 0 radical (unpaired) electrons. The summed E-state index contributed by atoms with van der Waals surface area (Å²) in [6.07, 6.45) is 1.59. The van der Waals surface area contributed by atoms with Gasteiger partial charge < -0.3 is 20.3 Å². The van der Waals surface area contributed by atoms with E-state index in [0.717, 1.165) is 42.5 Å². The lowest BCUT2D eigenvalue weighted by Crippen LogP contribution is -2.43. The van der Waals surface area contributed by atoms with E-state index in [2.05, 4.69) is 53.7 Å². The number of hydrogen-bond donors (Lipinski definition) is 2. The van der Waals surface area contributed by atoms with Crippen LogP contribution in [0.1, 0.15) is 37.8 Å². The predicted molar refractivity (Wildman–Crippen MR) is 122 cm³/mol. The number of carbonyl (C=O) groups is 1. The van der Waals surface area contributed by atoms with Gasteiger partial charge in [-0.3, -0.25) is 9.79 Å². The molecular weight excluding hydrogens is 376 g/mol. The fraction of sp³-hybridized carbons (Fsp3) is 0.417. The number of methoxy groups -OCH3 is 1. The van der Waals surface area contributed by atoms with Gasteiger partial charge in [-0.1, -0.05) is 38.1 Å². The molecule has 2 aromatic carbocycles. The molecule has 0 spiro atoms. The molecule has 6 heteroatoms. The van der Waals surface area contributed by atoms with Gasteiger partial charge in [-0.05, 0) is 41.8 Å². The number of anilines is 1. The maximum absolute atomic E-state index is 11.9. The van der Waals surface area contributed by atoms with Crippen LogP contribution in [-0.2, 0) is 16.8 Å². The molecule has 2 aromatic rings. The lowest BCUT2D eigenvalue weighted by Gasteiger charge is -2.27. The average molecular weight is 409 g/mol. The number of benzene rings is 2. The van der Waals surface area contributed by atoms with E-state index < -0.39 is 0 Å². The number of carbonyl (C=O) groups excluding carboxylic acids is 1. The molecule has 3 rings (SSSR count). The van der Waals surface area contributed by atoms with Crippen molar-refractivity contribution in [3.05, 3.63) is 59.7 Å². The van der Waals surface area contributed by atoms with E-state index in [1.807, 2.05) is 29.2 Å². The summed E-state index contributed by atoms with van der Waals surface area (Å²) in [6, 6.07) is 16.3. The van der Waals surface area contributed by atoms with Gasteiger partial charge in [0.05, 0.1) is 7.11 Å². The summed E-state index contributed by atoms with van der Waals surface area (Å²) in [6.45, 7) is 6.63. The van der Waals surface area contributed by atoms with Gasteiger partial charge in [-0.2, -0.15) is 0 Å². The van der Waals surface area contributed by atoms with Gasteiger partial charge in [-0.15, -0.1) is 0 Å². The number of nitrogens with zero attached hydrogens (tertiary/aromatic N) is 2. The third kappa shape index (κ3) is 5.32. The number of nitrogens with one attached hydrogen (secondary N) is 2. The van der Waals surface area contributed by atoms with Crippen molar-refractivity contribution in [1.82, 2.24) is 10.6 Å². The molecule has 0 aliphatic carbocycles. The summed E-state index contributed by atoms with van der Waals surface area (Å²) in [5.74, 6) is 1.83. The van der Waals surface area contributed by atoms with Crippen molar-refractivity contribution < 1.29 is 9.53 Å². The zero-order valence-corrected chi connectivity index (χ0v) is 18.4. The molecule has 0 saturated carbocycles. The van der Waals surface area contributed by atoms with Crippen LogP contribution in [0.15, 0.2) is 53.5 Å². The van der Waals surface area contributed by atoms with Crippen LogP contribution in [0.5, 0.6) is 5.75 Å². The molecule has 6 nitrogen and oxygen atoms in total. The fourth-order valence-electron chi connectivity index (χ4n) is 3.57. The van der Waals surface area contributed by atoms with Crippen LogP contribution < -0.4 is 20.3 Å². The van der Waals surface area contributed by atoms with Gasteiger partial charge in [-0.25, -0.2) is 0 Å². The normalized spacial score (nSPS) is 14.7. The van der Waals surface area contributed by atoms with Gasteiger partial charge >= 0.3 is 0 Å². The van der Waals surface area contributed by atoms with Crippen LogP contribution in [0.25, 0.3) is 0 Å². The first-order valence-electron chi connectivity index (χ1n) is 10.4. The van der Waals surface area contributed by atoms with Crippen LogP contribution in [0.4, 0.5) is 5.69 Å². The summed E-state index contributed by atoms with van der Waals surface area (Å²) in [5.41, 5.74) is 3.29. The average Bonchev–Trinajstić information content (AvgIpc) is 3.20. The molecule has 1 heterocycles. The van der Waals surface area contributed by atoms with E-state index >= 15 is 0 Å². The van der Waals surface area contributed by atoms with Crippen LogP contribution in [-0.4, -0.2) is 39.1 Å². The summed E-state index contributed by atoms with van der Waals surface area (Å²) in [4.78, 5) is 18.1. The topological polar surface area (TPSA) is 66.0 Å². The Morgan fingerprint density at radius 2 is 1.80 bits per heavy atom. The maximum Gasteiger partial charge on any atom is 0.227 e. The van der Waals surface area contributed by atoms with Crippen molar-refractivity contribution in [2.45, 2.75) is 38.6 Å². The first-order valence-corrected chi connectivity index (χ1v) is 10.4. The second-order valence-corrected chi connectivity index (χ2v) is 8.21. The van der Waals surface area contributed by atoms with Gasteiger partial charge in [0.25, 0.3) is 0 Å². The molecular formula is C24H32N4O2. The van der Waals surface area contributed by atoms with E-state index in [0.29, 0.717) is 13.0 Å². The van der Waals surface area contributed by atoms with Gasteiger partial charge in [0.2, 0.25) is 5.91 Å². The Bertz CT molecular complexity index is 873. The van der Waals surface area contributed by atoms with Gasteiger partial charge in [0, 0.05) is 44.2 Å². The minimum Gasteiger partial charge on any atom is -0.497 e. The molecule has 1 fully saturated rings. The van der Waals surface area contributed by atoms with Crippen LogP contribution >= 0.6 is 0 Å². The van der Waals surface area contributed by atoms with E-state index in [-0.39, 0.29) is 11.3 Å². The quantitative estimate of drug-likeness (QED) is 0.544. The molecule has 160 valence electrons. The standard InChI is InChI=1S/C24H32N4O2/c1-24(2,19-9-13-21(30-4)14-10-19)17-27-23(25-3)26-16-18-7-11-20(12-8-18)28-15-5-6-22(28)29/h7-14H,5-6,15-17H2,1-4H3,(H2,25,26,27). The lowest BCUT2D eigenvalue weighted by molar-refractivity contribution is -0.117. The molecule has 0 aromatic heterocycles. The highest BCUT2D eigenvalue weighted by Crippen LogP contribution is 2.24. The van der Waals surface area contributed by atoms with E-state index in [1.54, 1.807) is 14.2 Å². The Labute approximate surface area is 179 Å². The largest absolute Gasteiger partial charge is 0.497 e. The summed E-state index contributed by atoms with van der Waals surface area (Å²) >= 11 is 0. The van der Waals surface area contributed by atoms with Crippen molar-refractivity contribution in [1.29, 1.82) is 0 Å². The zero-order valence-electron chi connectivity index (χ0n) is 18.4. The molecule has 0 unspecified atom stereocenters. The maximum atomic E-state index is 11.9. The minimum atomic E-state index is -0.0617. The highest BCUT2D eigenvalue weighted by atomic mass is 16.5. The highest BCUT2D eigenvalue weighted by molar-refractivity contribution is 5.95. The number of amides is 1. The number of rotatable bonds is 7. The number of ether oxygens (including phenoxy) is 1. The smallest absolute Gasteiger partial charge is 0.227 e. The van der Waals surface area contributed by atoms with E-state index in [9.17, 15) is 4.79 Å². The van der Waals surface area contributed by atoms with Crippen molar-refractivity contribution >= 4 is 17.6 Å². The molecule has 0 atom stereocenters. The Morgan fingerprint density at radius 3 is 2.37 bits per heavy atom. The summed E-state index contributed by atoms with van der Waals surface area (Å²) in [5, 5.41) is 6.79. The molecule has 1 saturated heterocycles. The molecule has 1 aliphatic heterocycles. The Kier molecular flexibility index (Phi) is 6.98. The minimum absolute atomic E-state index is 0.0617. The lowest BCUT2D eigenvalue weighted by atomic mass is 9.84. The Hall–Kier alpha value is -3.02. The molecule has 2 N–H and O–H groups in total. The summed E-state index contributed by atoms with van der Waals surface area (Å²) in [7, 11) is 3.45. The number of hydrogen-bond acceptors (Lipinski definition) is 3. The highest BCUT2D eigenvalue weighted by Gasteiger charge is 2.22. The Morgan fingerprint density at radius 1 is 1.10 bits per heavy atom. The number of guanidine groups is 1. The third-order valence-corrected chi connectivity index (χ3v) is 5.57. The monoisotopic (exact) mass is 408 g/mol. The SMILES string of the molecule is CN=C(NCc1ccc(N2CCCC2=O)cc1)NCC(C)(C)c1ccc(OC)cc1. The van der Waals surface area contributed by atoms with Crippen LogP contribution in [0.3, 0.4) is 0 Å². The molecule has 0 bridgehead atoms. The van der Waals surface area contributed by atoms with Crippen molar-refractivity contribution in [3.8, 4) is 5.75 Å². The molecule has 30 heavy (non-hydrogen) atoms. The zero-order chi connectivity index (χ0) is 21.6. The van der Waals surface area contributed by atoms with Crippen molar-refractivity contribution in [3.63, 3.8) is 0 Å². The Balaban J connectivity index is 1.52. The number of aliphatic imine (C=N–C) groups is 1. The first-order chi connectivity index (χ1) is 14.4. The van der Waals surface area contributed by atoms with Gasteiger partial charge in [0.15, 0.2) is 5.96 Å². The molecule has 1 amide bonds. The first kappa shape index (κ1) is 21.7. The fourth-order valence-corrected chi connectivity index (χ4v) is 3.57. The van der Waals surface area contributed by atoms with E-state index in [4.69, 9.17) is 4.74 Å². The predicted octanol–water partition coefficient (Wildman–Crippen LogP) is 3.46. The van der Waals surface area contributed by atoms with Crippen molar-refractivity contribution in [2.24, 2.45) is 4.99 Å². The second kappa shape index (κ2) is 9.65. The van der Waals surface area contributed by atoms with Crippen LogP contribution in [0.2, 0.25) is 0 Å². The summed E-state index contributed by atoms with van der Waals surface area (Å²) < 4.78 is 5.25. The van der Waals surface area contributed by atoms with E-state index in [1.165, 1.54) is 5.56 Å². The second-order valence-electron chi connectivity index (χ2n) is 8.21. The third-order valence-electron chi connectivity index (χ3n) is 5.57. The molecule has 1 aliphatic rings. The van der Waals surface area contributed by atoms with Gasteiger partial charge in [0.1, 0.15) is 5.75 Å². The van der Waals surface area contributed by atoms with Crippen molar-refractivity contribution in [2.75, 3.05) is 32.1 Å².